The molecule has 0 heterocycles. The van der Waals surface area contributed by atoms with E-state index in [0.29, 0.717) is 0 Å². The molecule has 0 saturated heterocycles. The van der Waals surface area contributed by atoms with Gasteiger partial charge in [0.15, 0.2) is 0 Å². The number of benzene rings is 1. The van der Waals surface area contributed by atoms with Crippen molar-refractivity contribution in [2.75, 3.05) is 0 Å². The minimum atomic E-state index is -4.00. The summed E-state index contributed by atoms with van der Waals surface area (Å²) in [6, 6.07) is 2.50. The lowest BCUT2D eigenvalue weighted by molar-refractivity contribution is 0.253. The molecule has 0 spiro atoms. The fourth-order valence-electron chi connectivity index (χ4n) is 0.875. The molecule has 0 aliphatic heterocycles. The fraction of sp³-hybridized carbons (Fsp3) is 0. The van der Waals surface area contributed by atoms with Crippen LogP contribution in [0.3, 0.4) is 0 Å². The summed E-state index contributed by atoms with van der Waals surface area (Å²) in [4.78, 5) is 10.2. The smallest absolute Gasteiger partial charge is 0.326 e. The number of sulfonamides is 1. The van der Waals surface area contributed by atoms with Gasteiger partial charge in [0.2, 0.25) is 0 Å². The average Bonchev–Trinajstić information content (AvgIpc) is 1.99. The molecule has 0 fully saturated rings. The van der Waals surface area contributed by atoms with Gasteiger partial charge in [-0.15, -0.1) is 0 Å². The lowest BCUT2D eigenvalue weighted by atomic mass is 10.4. The molecule has 3 N–H and O–H groups in total. The predicted octanol–water partition coefficient (Wildman–Crippen LogP) is 1.35. The van der Waals surface area contributed by atoms with E-state index in [2.05, 4.69) is 0 Å². The highest BCUT2D eigenvalue weighted by Crippen LogP contribution is 2.21. The van der Waals surface area contributed by atoms with Gasteiger partial charge in [-0.05, 0) is 18.2 Å². The number of hydrogen-bond acceptors (Lipinski definition) is 3. The summed E-state index contributed by atoms with van der Waals surface area (Å²) >= 11 is 11.2. The molecule has 2 amide bonds. The lowest BCUT2D eigenvalue weighted by Gasteiger charge is -2.04. The maximum Gasteiger partial charge on any atom is 0.326 e. The zero-order valence-corrected chi connectivity index (χ0v) is 9.53. The van der Waals surface area contributed by atoms with E-state index in [1.54, 1.807) is 4.72 Å². The highest BCUT2D eigenvalue weighted by atomic mass is 35.5. The summed E-state index contributed by atoms with van der Waals surface area (Å²) in [6.45, 7) is 0. The lowest BCUT2D eigenvalue weighted by Crippen LogP contribution is -2.34. The summed E-state index contributed by atoms with van der Waals surface area (Å²) in [6.07, 6.45) is 0. The number of hydrogen-bond donors (Lipinski definition) is 2. The predicted molar refractivity (Wildman–Crippen MR) is 56.4 cm³/mol. The molecule has 0 aliphatic carbocycles. The van der Waals surface area contributed by atoms with Gasteiger partial charge >= 0.3 is 6.03 Å². The number of primary amides is 1. The van der Waals surface area contributed by atoms with E-state index in [-0.39, 0.29) is 14.9 Å². The van der Waals surface area contributed by atoms with Gasteiger partial charge in [0, 0.05) is 10.0 Å². The van der Waals surface area contributed by atoms with Gasteiger partial charge < -0.3 is 5.73 Å². The molecule has 0 bridgehead atoms. The molecule has 1 aromatic carbocycles. The minimum absolute atomic E-state index is 0.146. The van der Waals surface area contributed by atoms with Gasteiger partial charge in [0.1, 0.15) is 0 Å². The summed E-state index contributed by atoms with van der Waals surface area (Å²) in [7, 11) is -4.00. The highest BCUT2D eigenvalue weighted by Gasteiger charge is 2.16. The van der Waals surface area contributed by atoms with E-state index >= 15 is 0 Å². The molecule has 1 rings (SSSR count). The van der Waals surface area contributed by atoms with Crippen LogP contribution < -0.4 is 10.5 Å². The zero-order chi connectivity index (χ0) is 11.6. The van der Waals surface area contributed by atoms with Crippen LogP contribution in [-0.4, -0.2) is 14.4 Å². The molecule has 0 radical (unpaired) electrons. The molecule has 0 unspecified atom stereocenters. The van der Waals surface area contributed by atoms with Crippen molar-refractivity contribution in [3.63, 3.8) is 0 Å². The number of rotatable bonds is 2. The van der Waals surface area contributed by atoms with Gasteiger partial charge in [-0.2, -0.15) is 0 Å². The van der Waals surface area contributed by atoms with Crippen LogP contribution in [0.1, 0.15) is 0 Å². The summed E-state index contributed by atoms with van der Waals surface area (Å²) in [5.41, 5.74) is 4.70. The normalized spacial score (nSPS) is 11.1. The Morgan fingerprint density at radius 2 is 1.67 bits per heavy atom. The van der Waals surface area contributed by atoms with Crippen molar-refractivity contribution in [1.82, 2.24) is 4.72 Å². The van der Waals surface area contributed by atoms with Gasteiger partial charge in [-0.25, -0.2) is 17.9 Å². The Morgan fingerprint density at radius 1 is 1.20 bits per heavy atom. The maximum atomic E-state index is 11.4. The number of nitrogens with two attached hydrogens (primary N) is 1. The topological polar surface area (TPSA) is 89.3 Å². The van der Waals surface area contributed by atoms with Gasteiger partial charge in [-0.1, -0.05) is 23.2 Å². The number of carbonyl (C=O) groups is 1. The Morgan fingerprint density at radius 3 is 2.07 bits per heavy atom. The molecule has 0 aromatic heterocycles. The molecule has 5 nitrogen and oxygen atoms in total. The van der Waals surface area contributed by atoms with E-state index in [9.17, 15) is 13.2 Å². The summed E-state index contributed by atoms with van der Waals surface area (Å²) in [5, 5.41) is 0.291. The summed E-state index contributed by atoms with van der Waals surface area (Å²) in [5.74, 6) is 0. The number of amides is 2. The first-order valence-corrected chi connectivity index (χ1v) is 5.83. The molecular formula is C7H6Cl2N2O3S. The zero-order valence-electron chi connectivity index (χ0n) is 7.20. The van der Waals surface area contributed by atoms with Crippen molar-refractivity contribution in [3.05, 3.63) is 28.2 Å². The standard InChI is InChI=1S/C7H6Cl2N2O3S/c8-4-1-5(9)3-6(2-4)15(13,14)11-7(10)12/h1-3H,(H3,10,11,12). The van der Waals surface area contributed by atoms with E-state index in [0.717, 1.165) is 12.1 Å². The van der Waals surface area contributed by atoms with Gasteiger partial charge in [0.05, 0.1) is 4.90 Å². The summed E-state index contributed by atoms with van der Waals surface area (Å²) < 4.78 is 24.4. The molecule has 82 valence electrons. The Hall–Kier alpha value is -0.980. The van der Waals surface area contributed by atoms with Crippen molar-refractivity contribution < 1.29 is 13.2 Å². The average molecular weight is 269 g/mol. The Bertz CT molecular complexity index is 481. The number of carbonyl (C=O) groups excluding carboxylic acids is 1. The van der Waals surface area contributed by atoms with Crippen molar-refractivity contribution in [2.24, 2.45) is 5.73 Å². The van der Waals surface area contributed by atoms with Crippen LogP contribution in [0.5, 0.6) is 0 Å². The van der Waals surface area contributed by atoms with Gasteiger partial charge in [0.25, 0.3) is 10.0 Å². The highest BCUT2D eigenvalue weighted by molar-refractivity contribution is 7.90. The molecule has 0 aliphatic rings. The van der Waals surface area contributed by atoms with Crippen LogP contribution in [0.15, 0.2) is 23.1 Å². The van der Waals surface area contributed by atoms with Crippen molar-refractivity contribution in [3.8, 4) is 0 Å². The first kappa shape index (κ1) is 12.1. The molecule has 8 heteroatoms. The van der Waals surface area contributed by atoms with Crippen molar-refractivity contribution in [1.29, 1.82) is 0 Å². The van der Waals surface area contributed by atoms with Crippen molar-refractivity contribution in [2.45, 2.75) is 4.90 Å². The van der Waals surface area contributed by atoms with E-state index in [1.165, 1.54) is 6.07 Å². The first-order valence-electron chi connectivity index (χ1n) is 3.59. The SMILES string of the molecule is NC(=O)NS(=O)(=O)c1cc(Cl)cc(Cl)c1. The Labute approximate surface area is 96.2 Å². The third-order valence-corrected chi connectivity index (χ3v) is 3.14. The largest absolute Gasteiger partial charge is 0.351 e. The molecule has 0 atom stereocenters. The number of urea groups is 1. The van der Waals surface area contributed by atoms with Crippen LogP contribution in [0, 0.1) is 0 Å². The van der Waals surface area contributed by atoms with Crippen LogP contribution >= 0.6 is 23.2 Å². The van der Waals surface area contributed by atoms with E-state index in [4.69, 9.17) is 28.9 Å². The van der Waals surface area contributed by atoms with Crippen LogP contribution in [0.4, 0.5) is 4.79 Å². The first-order chi connectivity index (χ1) is 6.81. The number of halogens is 2. The fourth-order valence-corrected chi connectivity index (χ4v) is 2.48. The number of nitrogens with one attached hydrogen (secondary N) is 1. The van der Waals surface area contributed by atoms with Crippen LogP contribution in [-0.2, 0) is 10.0 Å². The minimum Gasteiger partial charge on any atom is -0.351 e. The van der Waals surface area contributed by atoms with E-state index in [1.807, 2.05) is 0 Å². The van der Waals surface area contributed by atoms with Crippen molar-refractivity contribution >= 4 is 39.3 Å². The third-order valence-electron chi connectivity index (χ3n) is 1.38. The quantitative estimate of drug-likeness (QED) is 0.849. The molecular weight excluding hydrogens is 263 g/mol. The molecule has 0 saturated carbocycles. The Balaban J connectivity index is 3.21. The second-order valence-electron chi connectivity index (χ2n) is 2.57. The van der Waals surface area contributed by atoms with Gasteiger partial charge in [-0.3, -0.25) is 0 Å². The Kier molecular flexibility index (Phi) is 3.43. The monoisotopic (exact) mass is 268 g/mol. The second-order valence-corrected chi connectivity index (χ2v) is 5.13. The second kappa shape index (κ2) is 4.26. The van der Waals surface area contributed by atoms with Crippen LogP contribution in [0.25, 0.3) is 0 Å². The van der Waals surface area contributed by atoms with Crippen LogP contribution in [0.2, 0.25) is 10.0 Å². The maximum absolute atomic E-state index is 11.4. The molecule has 1 aromatic rings. The third kappa shape index (κ3) is 3.26. The molecule has 15 heavy (non-hydrogen) atoms. The van der Waals surface area contributed by atoms with E-state index < -0.39 is 16.1 Å².